The quantitative estimate of drug-likeness (QED) is 0.512. The van der Waals surface area contributed by atoms with Crippen LogP contribution in [0.5, 0.6) is 0 Å². The van der Waals surface area contributed by atoms with Crippen molar-refractivity contribution in [2.45, 2.75) is 32.2 Å². The molecule has 2 rings (SSSR count). The highest BCUT2D eigenvalue weighted by molar-refractivity contribution is 4.95. The van der Waals surface area contributed by atoms with E-state index in [0.717, 1.165) is 0 Å². The van der Waals surface area contributed by atoms with Crippen LogP contribution in [-0.4, -0.2) is 36.6 Å². The molecule has 86 valence electrons. The molecule has 6 heteroatoms. The number of nitrogens with zero attached hydrogens (tertiary/aromatic N) is 1. The number of hydrogen-bond acceptors (Lipinski definition) is 5. The smallest absolute Gasteiger partial charge is 0.294 e. The highest BCUT2D eigenvalue weighted by Crippen LogP contribution is 2.36. The van der Waals surface area contributed by atoms with Crippen LogP contribution in [0, 0.1) is 22.0 Å². The maximum absolute atomic E-state index is 10.2. The average Bonchev–Trinajstić information content (AvgIpc) is 2.66. The van der Waals surface area contributed by atoms with Gasteiger partial charge in [-0.1, -0.05) is 13.8 Å². The van der Waals surface area contributed by atoms with Gasteiger partial charge in [-0.2, -0.15) is 0 Å². The van der Waals surface area contributed by atoms with Gasteiger partial charge in [-0.3, -0.25) is 0 Å². The summed E-state index contributed by atoms with van der Waals surface area (Å²) in [6.45, 7) is 5.05. The topological polar surface area (TPSA) is 70.8 Å². The van der Waals surface area contributed by atoms with E-state index in [1.807, 2.05) is 0 Å². The van der Waals surface area contributed by atoms with Gasteiger partial charge in [0, 0.05) is 5.92 Å². The van der Waals surface area contributed by atoms with Crippen LogP contribution in [0.1, 0.15) is 13.8 Å². The van der Waals surface area contributed by atoms with Crippen molar-refractivity contribution >= 4 is 0 Å². The molecule has 0 aromatic carbocycles. The third kappa shape index (κ3) is 1.91. The molecule has 0 radical (unpaired) electrons. The van der Waals surface area contributed by atoms with Crippen LogP contribution in [0.4, 0.5) is 0 Å². The van der Waals surface area contributed by atoms with Gasteiger partial charge in [-0.05, 0) is 5.92 Å². The minimum absolute atomic E-state index is 0.0463. The maximum Gasteiger partial charge on any atom is 0.294 e. The summed E-state index contributed by atoms with van der Waals surface area (Å²) in [5, 5.41) is 9.46. The van der Waals surface area contributed by atoms with Gasteiger partial charge in [0.05, 0.1) is 19.3 Å². The van der Waals surface area contributed by atoms with Gasteiger partial charge in [0.2, 0.25) is 0 Å². The third-order valence-electron chi connectivity index (χ3n) is 3.12. The van der Waals surface area contributed by atoms with Crippen molar-refractivity contribution in [2.24, 2.45) is 11.8 Å². The molecule has 0 aromatic rings. The van der Waals surface area contributed by atoms with E-state index in [-0.39, 0.29) is 18.8 Å². The average molecular weight is 217 g/mol. The van der Waals surface area contributed by atoms with Crippen molar-refractivity contribution in [3.63, 3.8) is 0 Å². The van der Waals surface area contributed by atoms with E-state index in [0.29, 0.717) is 18.4 Å². The molecule has 15 heavy (non-hydrogen) atoms. The lowest BCUT2D eigenvalue weighted by Crippen LogP contribution is -2.33. The Morgan fingerprint density at radius 1 is 1.33 bits per heavy atom. The molecule has 0 aromatic heterocycles. The van der Waals surface area contributed by atoms with E-state index in [9.17, 15) is 10.1 Å². The summed E-state index contributed by atoms with van der Waals surface area (Å²) < 4.78 is 11.0. The molecule has 6 nitrogen and oxygen atoms in total. The SMILES string of the molecule is CC(C)[C@H]1CO[C@H]2[C@@H]1OC[C@@H]2O[N+](=O)[O-]. The van der Waals surface area contributed by atoms with E-state index in [2.05, 4.69) is 18.7 Å². The molecule has 2 fully saturated rings. The first-order valence-electron chi connectivity index (χ1n) is 5.14. The summed E-state index contributed by atoms with van der Waals surface area (Å²) in [5.74, 6) is 0.768. The molecule has 0 bridgehead atoms. The van der Waals surface area contributed by atoms with E-state index < -0.39 is 11.2 Å². The normalized spacial score (nSPS) is 39.4. The summed E-state index contributed by atoms with van der Waals surface area (Å²) in [4.78, 5) is 14.8. The second kappa shape index (κ2) is 3.94. The number of fused-ring (bicyclic) bond motifs is 1. The predicted octanol–water partition coefficient (Wildman–Crippen LogP) is 0.633. The first-order chi connectivity index (χ1) is 7.09. The molecule has 0 spiro atoms. The lowest BCUT2D eigenvalue weighted by Gasteiger charge is -2.18. The molecular weight excluding hydrogens is 202 g/mol. The maximum atomic E-state index is 10.2. The van der Waals surface area contributed by atoms with E-state index in [1.165, 1.54) is 0 Å². The van der Waals surface area contributed by atoms with Gasteiger partial charge in [0.25, 0.3) is 5.09 Å². The van der Waals surface area contributed by atoms with Crippen LogP contribution in [0.3, 0.4) is 0 Å². The summed E-state index contributed by atoms with van der Waals surface area (Å²) in [5.41, 5.74) is 0. The number of rotatable bonds is 3. The van der Waals surface area contributed by atoms with Crippen LogP contribution < -0.4 is 0 Å². The van der Waals surface area contributed by atoms with E-state index in [4.69, 9.17) is 9.47 Å². The summed E-state index contributed by atoms with van der Waals surface area (Å²) in [6.07, 6.45) is -0.883. The van der Waals surface area contributed by atoms with Crippen LogP contribution in [0.15, 0.2) is 0 Å². The lowest BCUT2D eigenvalue weighted by atomic mass is 9.90. The first kappa shape index (κ1) is 10.6. The molecule has 2 aliphatic heterocycles. The van der Waals surface area contributed by atoms with Crippen molar-refractivity contribution in [2.75, 3.05) is 13.2 Å². The van der Waals surface area contributed by atoms with E-state index in [1.54, 1.807) is 0 Å². The Bertz CT molecular complexity index is 257. The Morgan fingerprint density at radius 3 is 2.60 bits per heavy atom. The zero-order valence-corrected chi connectivity index (χ0v) is 8.79. The molecular formula is C9H15NO5. The molecule has 0 unspecified atom stereocenters. The Kier molecular flexibility index (Phi) is 2.79. The van der Waals surface area contributed by atoms with Gasteiger partial charge in [0.15, 0.2) is 6.10 Å². The monoisotopic (exact) mass is 217 g/mol. The highest BCUT2D eigenvalue weighted by Gasteiger charge is 2.49. The van der Waals surface area contributed by atoms with Gasteiger partial charge in [-0.25, -0.2) is 0 Å². The molecule has 0 amide bonds. The molecule has 0 aliphatic carbocycles. The Hall–Kier alpha value is -0.880. The molecule has 2 aliphatic rings. The zero-order chi connectivity index (χ0) is 11.0. The largest absolute Gasteiger partial charge is 0.373 e. The fraction of sp³-hybridized carbons (Fsp3) is 1.00. The fourth-order valence-corrected chi connectivity index (χ4v) is 2.27. The minimum Gasteiger partial charge on any atom is -0.373 e. The van der Waals surface area contributed by atoms with Crippen molar-refractivity contribution in [1.29, 1.82) is 0 Å². The summed E-state index contributed by atoms with van der Waals surface area (Å²) in [7, 11) is 0. The predicted molar refractivity (Wildman–Crippen MR) is 49.7 cm³/mol. The Labute approximate surface area is 87.6 Å². The van der Waals surface area contributed by atoms with Crippen molar-refractivity contribution in [3.05, 3.63) is 10.1 Å². The van der Waals surface area contributed by atoms with Crippen LogP contribution in [-0.2, 0) is 14.3 Å². The second-order valence-corrected chi connectivity index (χ2v) is 4.37. The third-order valence-corrected chi connectivity index (χ3v) is 3.12. The molecule has 2 saturated heterocycles. The van der Waals surface area contributed by atoms with Crippen LogP contribution in [0.2, 0.25) is 0 Å². The van der Waals surface area contributed by atoms with Gasteiger partial charge >= 0.3 is 0 Å². The van der Waals surface area contributed by atoms with Crippen LogP contribution >= 0.6 is 0 Å². The first-order valence-corrected chi connectivity index (χ1v) is 5.14. The number of hydrogen-bond donors (Lipinski definition) is 0. The minimum atomic E-state index is -0.775. The highest BCUT2D eigenvalue weighted by atomic mass is 17.0. The molecule has 0 N–H and O–H groups in total. The van der Waals surface area contributed by atoms with E-state index >= 15 is 0 Å². The Balaban J connectivity index is 1.99. The van der Waals surface area contributed by atoms with Gasteiger partial charge in [0.1, 0.15) is 6.10 Å². The summed E-state index contributed by atoms with van der Waals surface area (Å²) in [6, 6.07) is 0. The Morgan fingerprint density at radius 2 is 2.00 bits per heavy atom. The molecule has 0 saturated carbocycles. The van der Waals surface area contributed by atoms with Gasteiger partial charge in [-0.15, -0.1) is 10.1 Å². The van der Waals surface area contributed by atoms with Crippen molar-refractivity contribution in [3.8, 4) is 0 Å². The van der Waals surface area contributed by atoms with Crippen molar-refractivity contribution < 1.29 is 19.4 Å². The van der Waals surface area contributed by atoms with Crippen LogP contribution in [0.25, 0.3) is 0 Å². The molecule has 2 heterocycles. The van der Waals surface area contributed by atoms with Gasteiger partial charge < -0.3 is 14.3 Å². The van der Waals surface area contributed by atoms with Crippen molar-refractivity contribution in [1.82, 2.24) is 0 Å². The zero-order valence-electron chi connectivity index (χ0n) is 8.79. The molecule has 4 atom stereocenters. The lowest BCUT2D eigenvalue weighted by molar-refractivity contribution is -0.769. The fourth-order valence-electron chi connectivity index (χ4n) is 2.27. The summed E-state index contributed by atoms with van der Waals surface area (Å²) >= 11 is 0. The standard InChI is InChI=1S/C9H15NO5/c1-5(2)6-3-13-9-7(15-10(11)12)4-14-8(6)9/h5-9H,3-4H2,1-2H3/t6-,7+,8-,9-/m1/s1. The second-order valence-electron chi connectivity index (χ2n) is 4.37. The number of ether oxygens (including phenoxy) is 2.